The molecule has 0 fully saturated rings. The Labute approximate surface area is 214 Å². The minimum atomic E-state index is -0.280. The summed E-state index contributed by atoms with van der Waals surface area (Å²) in [7, 11) is 0. The lowest BCUT2D eigenvalue weighted by atomic mass is 10.1. The minimum absolute atomic E-state index is 0.0578. The van der Waals surface area contributed by atoms with Crippen LogP contribution in [0.1, 0.15) is 30.5 Å². The van der Waals surface area contributed by atoms with Gasteiger partial charge in [0.2, 0.25) is 5.88 Å². The molecule has 1 aliphatic heterocycles. The van der Waals surface area contributed by atoms with Crippen LogP contribution in [0.3, 0.4) is 0 Å². The van der Waals surface area contributed by atoms with Crippen molar-refractivity contribution in [3.63, 3.8) is 0 Å². The number of imidazole rings is 1. The Balaban J connectivity index is 1.37. The number of aryl methyl sites for hydroxylation is 2. The van der Waals surface area contributed by atoms with Crippen molar-refractivity contribution in [2.24, 2.45) is 5.73 Å². The predicted molar refractivity (Wildman–Crippen MR) is 141 cm³/mol. The van der Waals surface area contributed by atoms with Gasteiger partial charge in [0, 0.05) is 36.1 Å². The van der Waals surface area contributed by atoms with E-state index in [0.29, 0.717) is 25.5 Å². The molecular formula is C29H27FN6O. The van der Waals surface area contributed by atoms with E-state index < -0.39 is 0 Å². The van der Waals surface area contributed by atoms with Crippen molar-refractivity contribution in [1.29, 1.82) is 0 Å². The first-order valence-electron chi connectivity index (χ1n) is 12.6. The van der Waals surface area contributed by atoms with Gasteiger partial charge in [0.05, 0.1) is 28.6 Å². The Hall–Kier alpha value is -4.17. The number of fused-ring (bicyclic) bond motifs is 2. The number of pyridine rings is 1. The fourth-order valence-electron chi connectivity index (χ4n) is 4.91. The molecule has 6 rings (SSSR count). The first-order valence-corrected chi connectivity index (χ1v) is 12.6. The van der Waals surface area contributed by atoms with Crippen molar-refractivity contribution in [1.82, 2.24) is 24.5 Å². The number of halogens is 1. The highest BCUT2D eigenvalue weighted by molar-refractivity contribution is 5.79. The van der Waals surface area contributed by atoms with E-state index in [1.165, 1.54) is 12.1 Å². The molecule has 0 bridgehead atoms. The molecule has 0 unspecified atom stereocenters. The highest BCUT2D eigenvalue weighted by atomic mass is 19.1. The first-order chi connectivity index (χ1) is 18.2. The summed E-state index contributed by atoms with van der Waals surface area (Å²) in [4.78, 5) is 19.0. The third kappa shape index (κ3) is 4.68. The molecule has 1 aliphatic rings. The second-order valence-corrected chi connectivity index (χ2v) is 9.20. The van der Waals surface area contributed by atoms with Gasteiger partial charge in [-0.2, -0.15) is 0 Å². The van der Waals surface area contributed by atoms with Crippen LogP contribution in [0.4, 0.5) is 4.39 Å². The number of nitrogens with zero attached hydrogens (tertiary/aromatic N) is 5. The average molecular weight is 495 g/mol. The molecule has 5 aromatic rings. The Kier molecular flexibility index (Phi) is 6.32. The lowest BCUT2D eigenvalue weighted by Crippen LogP contribution is -2.16. The Morgan fingerprint density at radius 3 is 2.70 bits per heavy atom. The van der Waals surface area contributed by atoms with Gasteiger partial charge in [0.1, 0.15) is 24.1 Å². The molecule has 0 amide bonds. The van der Waals surface area contributed by atoms with E-state index in [0.717, 1.165) is 64.5 Å². The molecule has 0 saturated heterocycles. The highest BCUT2D eigenvalue weighted by Crippen LogP contribution is 2.39. The van der Waals surface area contributed by atoms with E-state index in [1.54, 1.807) is 18.3 Å². The molecule has 37 heavy (non-hydrogen) atoms. The molecule has 0 spiro atoms. The number of hydrogen-bond acceptors (Lipinski definition) is 6. The molecule has 1 atom stereocenters. The number of nitrogens with two attached hydrogens (primary N) is 1. The summed E-state index contributed by atoms with van der Waals surface area (Å²) in [5.41, 5.74) is 9.92. The van der Waals surface area contributed by atoms with Gasteiger partial charge in [-0.3, -0.25) is 0 Å². The lowest BCUT2D eigenvalue weighted by Gasteiger charge is -2.18. The summed E-state index contributed by atoms with van der Waals surface area (Å²) in [6, 6.07) is 20.3. The van der Waals surface area contributed by atoms with Crippen molar-refractivity contribution in [2.75, 3.05) is 13.2 Å². The lowest BCUT2D eigenvalue weighted by molar-refractivity contribution is 0.248. The van der Waals surface area contributed by atoms with Gasteiger partial charge in [-0.1, -0.05) is 18.2 Å². The van der Waals surface area contributed by atoms with Crippen molar-refractivity contribution >= 4 is 10.9 Å². The summed E-state index contributed by atoms with van der Waals surface area (Å²) >= 11 is 0. The molecule has 8 heteroatoms. The second-order valence-electron chi connectivity index (χ2n) is 9.20. The number of ether oxygens (including phenoxy) is 1. The molecule has 2 aromatic carbocycles. The van der Waals surface area contributed by atoms with Gasteiger partial charge in [0.25, 0.3) is 0 Å². The third-order valence-corrected chi connectivity index (χ3v) is 6.72. The van der Waals surface area contributed by atoms with Crippen molar-refractivity contribution in [2.45, 2.75) is 31.7 Å². The maximum Gasteiger partial charge on any atom is 0.213 e. The molecular weight excluding hydrogens is 467 g/mol. The fourth-order valence-corrected chi connectivity index (χ4v) is 4.91. The van der Waals surface area contributed by atoms with Gasteiger partial charge < -0.3 is 15.0 Å². The number of para-hydroxylation sites is 1. The summed E-state index contributed by atoms with van der Waals surface area (Å²) in [5.74, 6) is 2.03. The van der Waals surface area contributed by atoms with E-state index in [4.69, 9.17) is 20.4 Å². The van der Waals surface area contributed by atoms with Crippen molar-refractivity contribution in [3.8, 4) is 28.5 Å². The number of aromatic nitrogens is 5. The summed E-state index contributed by atoms with van der Waals surface area (Å²) in [6.07, 6.45) is 5.02. The first kappa shape index (κ1) is 23.2. The maximum atomic E-state index is 13.7. The standard InChI is InChI=1S/C29H27FN6O/c30-21-10-7-20(8-11-21)28-29(24-15-17-32-25(33-24)6-3-16-31)36-22(12-13-26(36)35-28)18-37-27-14-9-19-4-1-2-5-23(19)34-27/h1-2,4-5,7-11,14-15,17,22H,3,6,12-13,16,18,31H2/t22-/m0/s1. The summed E-state index contributed by atoms with van der Waals surface area (Å²) in [5, 5.41) is 1.08. The van der Waals surface area contributed by atoms with Gasteiger partial charge in [-0.05, 0) is 61.9 Å². The zero-order valence-corrected chi connectivity index (χ0v) is 20.3. The third-order valence-electron chi connectivity index (χ3n) is 6.72. The van der Waals surface area contributed by atoms with E-state index in [9.17, 15) is 4.39 Å². The largest absolute Gasteiger partial charge is 0.475 e. The molecule has 0 aliphatic carbocycles. The zero-order chi connectivity index (χ0) is 25.2. The van der Waals surface area contributed by atoms with Crippen LogP contribution in [-0.2, 0) is 12.8 Å². The number of benzene rings is 2. The van der Waals surface area contributed by atoms with Gasteiger partial charge >= 0.3 is 0 Å². The topological polar surface area (TPSA) is 91.7 Å². The minimum Gasteiger partial charge on any atom is -0.475 e. The normalized spacial score (nSPS) is 14.7. The monoisotopic (exact) mass is 494 g/mol. The quantitative estimate of drug-likeness (QED) is 0.321. The maximum absolute atomic E-state index is 13.7. The van der Waals surface area contributed by atoms with Crippen LogP contribution in [-0.4, -0.2) is 37.7 Å². The van der Waals surface area contributed by atoms with Crippen molar-refractivity contribution in [3.05, 3.63) is 90.4 Å². The van der Waals surface area contributed by atoms with Crippen LogP contribution in [0.2, 0.25) is 0 Å². The van der Waals surface area contributed by atoms with E-state index in [-0.39, 0.29) is 11.9 Å². The second kappa shape index (κ2) is 10.1. The van der Waals surface area contributed by atoms with Gasteiger partial charge in [-0.25, -0.2) is 24.3 Å². The molecule has 0 radical (unpaired) electrons. The van der Waals surface area contributed by atoms with E-state index >= 15 is 0 Å². The Morgan fingerprint density at radius 2 is 1.84 bits per heavy atom. The average Bonchev–Trinajstić information content (AvgIpc) is 3.51. The molecule has 186 valence electrons. The highest BCUT2D eigenvalue weighted by Gasteiger charge is 2.31. The van der Waals surface area contributed by atoms with Crippen LogP contribution in [0.15, 0.2) is 72.9 Å². The summed E-state index contributed by atoms with van der Waals surface area (Å²) < 4.78 is 22.1. The fraction of sp³-hybridized carbons (Fsp3) is 0.241. The van der Waals surface area contributed by atoms with Crippen LogP contribution >= 0.6 is 0 Å². The van der Waals surface area contributed by atoms with E-state index in [1.807, 2.05) is 42.5 Å². The van der Waals surface area contributed by atoms with E-state index in [2.05, 4.69) is 14.5 Å². The Morgan fingerprint density at radius 1 is 0.973 bits per heavy atom. The predicted octanol–water partition coefficient (Wildman–Crippen LogP) is 5.15. The van der Waals surface area contributed by atoms with Crippen LogP contribution < -0.4 is 10.5 Å². The van der Waals surface area contributed by atoms with Gasteiger partial charge in [0.15, 0.2) is 0 Å². The van der Waals surface area contributed by atoms with Crippen LogP contribution in [0, 0.1) is 5.82 Å². The number of rotatable bonds is 8. The molecule has 2 N–H and O–H groups in total. The SMILES string of the molecule is NCCCc1nccc(-c2c(-c3ccc(F)cc3)nc3n2[C@H](COc2ccc4ccccc4n2)CC3)n1. The summed E-state index contributed by atoms with van der Waals surface area (Å²) in [6.45, 7) is 1.04. The van der Waals surface area contributed by atoms with Crippen molar-refractivity contribution < 1.29 is 9.13 Å². The molecule has 4 heterocycles. The van der Waals surface area contributed by atoms with Crippen LogP contribution in [0.25, 0.3) is 33.5 Å². The van der Waals surface area contributed by atoms with Crippen LogP contribution in [0.5, 0.6) is 5.88 Å². The molecule has 7 nitrogen and oxygen atoms in total. The van der Waals surface area contributed by atoms with Gasteiger partial charge in [-0.15, -0.1) is 0 Å². The smallest absolute Gasteiger partial charge is 0.213 e. The molecule has 3 aromatic heterocycles. The number of hydrogen-bond donors (Lipinski definition) is 1. The zero-order valence-electron chi connectivity index (χ0n) is 20.3. The molecule has 0 saturated carbocycles. The Bertz CT molecular complexity index is 1550.